The van der Waals surface area contributed by atoms with Crippen LogP contribution in [0.1, 0.15) is 206 Å². The Labute approximate surface area is 403 Å². The SMILES string of the molecule is Cc1cc(N(CC(C)C)c2ccc(C(C)(C)C)cc2-c2cc3c(cc2C)C(C)(C)CCC3(C)C)cc(N(c2ccc3c(c2)C(C)(C)CCC3(C)C)c2cccc3c2C(C)(C)CCC3(C)C)c1. The highest BCUT2D eigenvalue weighted by atomic mass is 15.2. The number of rotatable bonds is 8. The first-order valence-corrected chi connectivity index (χ1v) is 25.7. The first kappa shape index (κ1) is 48.2. The van der Waals surface area contributed by atoms with Crippen LogP contribution >= 0.6 is 0 Å². The van der Waals surface area contributed by atoms with Gasteiger partial charge in [0.2, 0.25) is 0 Å². The van der Waals surface area contributed by atoms with Gasteiger partial charge in [-0.15, -0.1) is 0 Å². The zero-order valence-electron chi connectivity index (χ0n) is 45.0. The maximum Gasteiger partial charge on any atom is 0.0502 e. The van der Waals surface area contributed by atoms with Crippen molar-refractivity contribution < 1.29 is 0 Å². The average molecular weight is 883 g/mol. The van der Waals surface area contributed by atoms with Gasteiger partial charge in [-0.1, -0.05) is 148 Å². The fraction of sp³-hybridized carbons (Fsp3) is 0.531. The van der Waals surface area contributed by atoms with Gasteiger partial charge in [0.25, 0.3) is 0 Å². The van der Waals surface area contributed by atoms with E-state index in [4.69, 9.17) is 0 Å². The Balaban J connectivity index is 1.40. The number of anilines is 5. The molecule has 2 heteroatoms. The first-order chi connectivity index (χ1) is 30.4. The van der Waals surface area contributed by atoms with Gasteiger partial charge in [0.1, 0.15) is 0 Å². The Morgan fingerprint density at radius 3 is 1.59 bits per heavy atom. The number of hydrogen-bond acceptors (Lipinski definition) is 2. The van der Waals surface area contributed by atoms with E-state index in [1.807, 2.05) is 0 Å². The summed E-state index contributed by atoms with van der Waals surface area (Å²) in [6.07, 6.45) is 7.16. The van der Waals surface area contributed by atoms with Gasteiger partial charge < -0.3 is 9.80 Å². The van der Waals surface area contributed by atoms with E-state index in [0.717, 1.165) is 13.0 Å². The molecule has 5 aromatic carbocycles. The highest BCUT2D eigenvalue weighted by molar-refractivity contribution is 5.88. The summed E-state index contributed by atoms with van der Waals surface area (Å²) in [5.41, 5.74) is 22.7. The Hall–Kier alpha value is -4.30. The molecule has 2 nitrogen and oxygen atoms in total. The molecular weight excluding hydrogens is 797 g/mol. The summed E-state index contributed by atoms with van der Waals surface area (Å²) >= 11 is 0. The van der Waals surface area contributed by atoms with E-state index < -0.39 is 0 Å². The highest BCUT2D eigenvalue weighted by Gasteiger charge is 2.42. The maximum absolute atomic E-state index is 2.67. The minimum atomic E-state index is 0.00631. The van der Waals surface area contributed by atoms with Gasteiger partial charge in [0.05, 0.1) is 5.69 Å². The molecule has 0 saturated carbocycles. The Bertz CT molecular complexity index is 2670. The van der Waals surface area contributed by atoms with E-state index in [9.17, 15) is 0 Å². The molecule has 352 valence electrons. The van der Waals surface area contributed by atoms with Crippen molar-refractivity contribution in [1.29, 1.82) is 0 Å². The zero-order chi connectivity index (χ0) is 48.3. The molecule has 0 fully saturated rings. The van der Waals surface area contributed by atoms with E-state index >= 15 is 0 Å². The lowest BCUT2D eigenvalue weighted by molar-refractivity contribution is 0.331. The van der Waals surface area contributed by atoms with Gasteiger partial charge in [0.15, 0.2) is 0 Å². The van der Waals surface area contributed by atoms with Gasteiger partial charge in [0, 0.05) is 34.9 Å². The molecule has 0 bridgehead atoms. The number of fused-ring (bicyclic) bond motifs is 3. The molecule has 0 spiro atoms. The maximum atomic E-state index is 2.67. The standard InChI is InChI=1S/C64H86N2/c1-41(2)40-65(55-26-23-44(58(5,6)7)36-49(55)48-39-54-52(35-43(48)4)61(12,13)29-30-63(54,16)17)46-33-42(3)34-47(37-46)66(45-24-25-50-53(38-45)62(14,15)28-27-59(50,8)9)56-22-20-21-51-57(56)64(18,19)32-31-60(51,10)11/h20-26,33-39,41H,27-32,40H2,1-19H3. The molecule has 0 unspecified atom stereocenters. The lowest BCUT2D eigenvalue weighted by Gasteiger charge is -2.45. The highest BCUT2D eigenvalue weighted by Crippen LogP contribution is 2.55. The summed E-state index contributed by atoms with van der Waals surface area (Å²) < 4.78 is 0. The molecule has 0 aliphatic heterocycles. The summed E-state index contributed by atoms with van der Waals surface area (Å²) in [6.45, 7) is 47.0. The second-order valence-electron chi connectivity index (χ2n) is 26.8. The molecule has 0 heterocycles. The third kappa shape index (κ3) is 8.60. The van der Waals surface area contributed by atoms with Crippen molar-refractivity contribution in [2.75, 3.05) is 16.3 Å². The van der Waals surface area contributed by atoms with Crippen LogP contribution in [-0.4, -0.2) is 6.54 Å². The van der Waals surface area contributed by atoms with Gasteiger partial charge in [-0.05, 0) is 206 Å². The van der Waals surface area contributed by atoms with Gasteiger partial charge >= 0.3 is 0 Å². The lowest BCUT2D eigenvalue weighted by atomic mass is 9.62. The van der Waals surface area contributed by atoms with Crippen molar-refractivity contribution in [3.8, 4) is 11.1 Å². The molecule has 5 aromatic rings. The summed E-state index contributed by atoms with van der Waals surface area (Å²) in [7, 11) is 0. The third-order valence-corrected chi connectivity index (χ3v) is 17.0. The van der Waals surface area contributed by atoms with Crippen LogP contribution in [0, 0.1) is 19.8 Å². The Morgan fingerprint density at radius 2 is 1.00 bits per heavy atom. The van der Waals surface area contributed by atoms with E-state index in [2.05, 4.69) is 226 Å². The molecule has 8 rings (SSSR count). The molecule has 3 aliphatic rings. The zero-order valence-corrected chi connectivity index (χ0v) is 45.0. The molecule has 0 saturated heterocycles. The largest absolute Gasteiger partial charge is 0.341 e. The minimum Gasteiger partial charge on any atom is -0.341 e. The fourth-order valence-corrected chi connectivity index (χ4v) is 12.2. The molecule has 0 aromatic heterocycles. The predicted octanol–water partition coefficient (Wildman–Crippen LogP) is 18.6. The van der Waals surface area contributed by atoms with Crippen LogP contribution in [0.2, 0.25) is 0 Å². The molecule has 0 atom stereocenters. The van der Waals surface area contributed by atoms with Crippen molar-refractivity contribution in [2.24, 2.45) is 5.92 Å². The van der Waals surface area contributed by atoms with E-state index in [0.29, 0.717) is 5.92 Å². The van der Waals surface area contributed by atoms with Crippen LogP contribution in [-0.2, 0) is 37.9 Å². The number of nitrogens with zero attached hydrogens (tertiary/aromatic N) is 2. The topological polar surface area (TPSA) is 6.48 Å². The van der Waals surface area contributed by atoms with Crippen molar-refractivity contribution >= 4 is 28.4 Å². The lowest BCUT2D eigenvalue weighted by Crippen LogP contribution is -2.36. The van der Waals surface area contributed by atoms with Crippen molar-refractivity contribution in [2.45, 2.75) is 208 Å². The number of aryl methyl sites for hydroxylation is 2. The fourth-order valence-electron chi connectivity index (χ4n) is 12.2. The smallest absolute Gasteiger partial charge is 0.0502 e. The monoisotopic (exact) mass is 883 g/mol. The molecule has 66 heavy (non-hydrogen) atoms. The molecule has 0 amide bonds. The van der Waals surface area contributed by atoms with Crippen molar-refractivity contribution in [3.63, 3.8) is 0 Å². The summed E-state index contributed by atoms with van der Waals surface area (Å²) in [5.74, 6) is 0.431. The summed E-state index contributed by atoms with van der Waals surface area (Å²) in [5, 5.41) is 0. The first-order valence-electron chi connectivity index (χ1n) is 25.7. The van der Waals surface area contributed by atoms with E-state index in [1.165, 1.54) is 122 Å². The number of benzene rings is 5. The molecule has 0 radical (unpaired) electrons. The van der Waals surface area contributed by atoms with Crippen LogP contribution in [0.3, 0.4) is 0 Å². The van der Waals surface area contributed by atoms with Gasteiger partial charge in [-0.3, -0.25) is 0 Å². The Kier molecular flexibility index (Phi) is 11.8. The van der Waals surface area contributed by atoms with Crippen LogP contribution in [0.5, 0.6) is 0 Å². The minimum absolute atomic E-state index is 0.00631. The van der Waals surface area contributed by atoms with Crippen molar-refractivity contribution in [3.05, 3.63) is 135 Å². The Morgan fingerprint density at radius 1 is 0.470 bits per heavy atom. The number of hydrogen-bond donors (Lipinski definition) is 0. The predicted molar refractivity (Wildman–Crippen MR) is 289 cm³/mol. The average Bonchev–Trinajstić information content (AvgIpc) is 3.21. The second-order valence-corrected chi connectivity index (χ2v) is 26.8. The van der Waals surface area contributed by atoms with Gasteiger partial charge in [-0.25, -0.2) is 0 Å². The molecule has 3 aliphatic carbocycles. The summed E-state index contributed by atoms with van der Waals surface area (Å²) in [6, 6.07) is 34.7. The second kappa shape index (κ2) is 16.2. The van der Waals surface area contributed by atoms with Crippen molar-refractivity contribution in [1.82, 2.24) is 0 Å². The third-order valence-electron chi connectivity index (χ3n) is 17.0. The quantitative estimate of drug-likeness (QED) is 0.153. The summed E-state index contributed by atoms with van der Waals surface area (Å²) in [4.78, 5) is 5.33. The van der Waals surface area contributed by atoms with Crippen LogP contribution < -0.4 is 9.80 Å². The van der Waals surface area contributed by atoms with Gasteiger partial charge in [-0.2, -0.15) is 0 Å². The normalized spacial score (nSPS) is 19.7. The van der Waals surface area contributed by atoms with Crippen LogP contribution in [0.25, 0.3) is 11.1 Å². The molecular formula is C64H86N2. The van der Waals surface area contributed by atoms with E-state index in [1.54, 1.807) is 0 Å². The molecule has 0 N–H and O–H groups in total. The van der Waals surface area contributed by atoms with E-state index in [-0.39, 0.29) is 37.9 Å². The van der Waals surface area contributed by atoms with Crippen LogP contribution in [0.15, 0.2) is 84.9 Å². The van der Waals surface area contributed by atoms with Crippen LogP contribution in [0.4, 0.5) is 28.4 Å².